The van der Waals surface area contributed by atoms with Crippen LogP contribution >= 0.6 is 23.4 Å². The summed E-state index contributed by atoms with van der Waals surface area (Å²) in [7, 11) is 1.43. The van der Waals surface area contributed by atoms with Gasteiger partial charge in [0.1, 0.15) is 23.2 Å². The van der Waals surface area contributed by atoms with Crippen LogP contribution in [-0.2, 0) is 21.2 Å². The lowest BCUT2D eigenvalue weighted by Gasteiger charge is -2.38. The minimum atomic E-state index is -4.14. The number of benzene rings is 3. The minimum absolute atomic E-state index is 0.174. The highest BCUT2D eigenvalue weighted by Gasteiger charge is 2.33. The number of likely N-dealkylation sites (N-methyl/N-ethyl adjacent to an activating group) is 1. The van der Waals surface area contributed by atoms with Gasteiger partial charge < -0.3 is 9.22 Å². The summed E-state index contributed by atoms with van der Waals surface area (Å²) in [5.41, 5.74) is 1.25. The molecule has 1 saturated heterocycles. The number of piperidine rings is 1. The van der Waals surface area contributed by atoms with Gasteiger partial charge in [-0.25, -0.2) is 31.3 Å². The van der Waals surface area contributed by atoms with E-state index in [9.17, 15) is 12.8 Å². The van der Waals surface area contributed by atoms with Gasteiger partial charge in [-0.1, -0.05) is 43.3 Å². The predicted octanol–water partition coefficient (Wildman–Crippen LogP) is 7.09. The van der Waals surface area contributed by atoms with Crippen molar-refractivity contribution in [1.29, 1.82) is 0 Å². The molecule has 0 radical (unpaired) electrons. The van der Waals surface area contributed by atoms with Crippen LogP contribution in [0.4, 0.5) is 13.2 Å². The lowest BCUT2D eigenvalue weighted by molar-refractivity contribution is -0.895. The van der Waals surface area contributed by atoms with Crippen molar-refractivity contribution in [3.63, 3.8) is 0 Å². The first-order chi connectivity index (χ1) is 21.6. The van der Waals surface area contributed by atoms with Gasteiger partial charge in [0.15, 0.2) is 5.16 Å². The summed E-state index contributed by atoms with van der Waals surface area (Å²) in [6.07, 6.45) is 3.18. The van der Waals surface area contributed by atoms with Crippen molar-refractivity contribution < 1.29 is 30.8 Å². The number of halogens is 4. The maximum Gasteiger partial charge on any atom is 0.241 e. The molecule has 2 heterocycles. The Bertz CT molecular complexity index is 1820. The fourth-order valence-electron chi connectivity index (χ4n) is 5.85. The Labute approximate surface area is 277 Å². The molecule has 1 aliphatic heterocycles. The number of nitrogens with zero attached hydrogens (tertiary/aromatic N) is 3. The van der Waals surface area contributed by atoms with Crippen molar-refractivity contribution in [3.05, 3.63) is 100 Å². The number of nitrogens with one attached hydrogen (secondary N) is 1. The Morgan fingerprint density at radius 2 is 1.76 bits per heavy atom. The summed E-state index contributed by atoms with van der Waals surface area (Å²) in [5, 5.41) is 0.868. The topological polar surface area (TPSA) is 73.2 Å². The second-order valence-corrected chi connectivity index (χ2v) is 15.7. The van der Waals surface area contributed by atoms with Gasteiger partial charge in [0.2, 0.25) is 10.0 Å². The number of imidazole rings is 1. The quantitative estimate of drug-likeness (QED) is 0.142. The molecule has 7 nitrogen and oxygen atoms in total. The summed E-state index contributed by atoms with van der Waals surface area (Å²) >= 11 is 7.35. The molecule has 3 aromatic carbocycles. The Hall–Kier alpha value is -3.03. The van der Waals surface area contributed by atoms with E-state index >= 15 is 8.78 Å². The monoisotopic (exact) mass is 693 g/mol. The fraction of sp³-hybridized carbons (Fsp3) is 0.364. The SMILES string of the molecule is COc1cc(C(C)(C)c2cnc(SCc3c(F)cc(S(=O)(=O)N[C@@H]4CCC[N+](C)(C)C4)cc3F)n2-c2ccc(F)cc2)ccc1Cl. The molecule has 1 atom stereocenters. The minimum Gasteiger partial charge on any atom is -0.495 e. The van der Waals surface area contributed by atoms with E-state index < -0.39 is 37.8 Å². The van der Waals surface area contributed by atoms with Gasteiger partial charge in [-0.05, 0) is 66.9 Å². The molecule has 13 heteroatoms. The van der Waals surface area contributed by atoms with Gasteiger partial charge in [-0.3, -0.25) is 4.57 Å². The Kier molecular flexibility index (Phi) is 9.87. The molecule has 246 valence electrons. The van der Waals surface area contributed by atoms with Crippen LogP contribution in [0, 0.1) is 17.5 Å². The summed E-state index contributed by atoms with van der Waals surface area (Å²) < 4.78 is 81.4. The van der Waals surface area contributed by atoms with Gasteiger partial charge in [0.25, 0.3) is 0 Å². The second kappa shape index (κ2) is 13.2. The van der Waals surface area contributed by atoms with Crippen LogP contribution in [0.5, 0.6) is 5.75 Å². The zero-order valence-electron chi connectivity index (χ0n) is 26.3. The van der Waals surface area contributed by atoms with Gasteiger partial charge in [0, 0.05) is 22.4 Å². The van der Waals surface area contributed by atoms with Gasteiger partial charge >= 0.3 is 0 Å². The number of sulfonamides is 1. The van der Waals surface area contributed by atoms with Gasteiger partial charge in [-0.15, -0.1) is 0 Å². The maximum atomic E-state index is 15.4. The van der Waals surface area contributed by atoms with Crippen LogP contribution in [-0.4, -0.2) is 62.8 Å². The molecule has 46 heavy (non-hydrogen) atoms. The molecule has 0 unspecified atom stereocenters. The molecule has 0 spiro atoms. The van der Waals surface area contributed by atoms with Crippen LogP contribution in [0.2, 0.25) is 5.02 Å². The molecule has 4 aromatic rings. The fourth-order valence-corrected chi connectivity index (χ4v) is 8.34. The van der Waals surface area contributed by atoms with Gasteiger partial charge in [-0.2, -0.15) is 0 Å². The van der Waals surface area contributed by atoms with Crippen molar-refractivity contribution in [1.82, 2.24) is 14.3 Å². The van der Waals surface area contributed by atoms with E-state index in [1.807, 2.05) is 44.6 Å². The number of thioether (sulfide) groups is 1. The van der Waals surface area contributed by atoms with Crippen LogP contribution in [0.25, 0.3) is 5.69 Å². The Morgan fingerprint density at radius 3 is 2.39 bits per heavy atom. The molecule has 5 rings (SSSR count). The van der Waals surface area contributed by atoms with E-state index in [0.29, 0.717) is 39.1 Å². The number of quaternary nitrogens is 1. The molecule has 0 aliphatic carbocycles. The summed E-state index contributed by atoms with van der Waals surface area (Å²) in [4.78, 5) is 4.14. The number of methoxy groups -OCH3 is 1. The molecule has 0 amide bonds. The molecule has 0 bridgehead atoms. The van der Waals surface area contributed by atoms with Crippen LogP contribution < -0.4 is 9.46 Å². The molecule has 1 fully saturated rings. The van der Waals surface area contributed by atoms with Crippen molar-refractivity contribution in [2.24, 2.45) is 0 Å². The van der Waals surface area contributed by atoms with Crippen molar-refractivity contribution >= 4 is 33.4 Å². The molecule has 1 aliphatic rings. The largest absolute Gasteiger partial charge is 0.495 e. The van der Waals surface area contributed by atoms with E-state index in [2.05, 4.69) is 9.71 Å². The highest BCUT2D eigenvalue weighted by Crippen LogP contribution is 2.39. The second-order valence-electron chi connectivity index (χ2n) is 12.7. The first-order valence-corrected chi connectivity index (χ1v) is 17.6. The zero-order chi connectivity index (χ0) is 33.4. The Balaban J connectivity index is 1.45. The van der Waals surface area contributed by atoms with E-state index in [1.165, 1.54) is 19.2 Å². The van der Waals surface area contributed by atoms with E-state index in [4.69, 9.17) is 16.3 Å². The highest BCUT2D eigenvalue weighted by molar-refractivity contribution is 7.98. The molecule has 1 aromatic heterocycles. The van der Waals surface area contributed by atoms with Crippen LogP contribution in [0.3, 0.4) is 0 Å². The average Bonchev–Trinajstić information content (AvgIpc) is 3.41. The maximum absolute atomic E-state index is 15.4. The lowest BCUT2D eigenvalue weighted by atomic mass is 9.81. The normalized spacial score (nSPS) is 16.8. The average molecular weight is 694 g/mol. The standard InChI is InChI=1S/C33H37ClF3N4O3S2/c1-33(2,21-8-13-27(34)30(15-21)44-5)31-18-38-32(40(31)24-11-9-22(35)10-12-24)45-20-26-28(36)16-25(17-29(26)37)46(42,43)39-23-7-6-14-41(3,4)19-23/h8-13,15-18,23,39H,6-7,14,19-20H2,1-5H3/q+1/t23-/m1/s1. The molecule has 1 N–H and O–H groups in total. The third kappa shape index (κ3) is 7.26. The van der Waals surface area contributed by atoms with Crippen molar-refractivity contribution in [2.75, 3.05) is 34.3 Å². The number of hydrogen-bond donors (Lipinski definition) is 1. The lowest BCUT2D eigenvalue weighted by Crippen LogP contribution is -2.54. The van der Waals surface area contributed by atoms with Gasteiger partial charge in [0.05, 0.1) is 62.1 Å². The highest BCUT2D eigenvalue weighted by atomic mass is 35.5. The Morgan fingerprint density at radius 1 is 1.09 bits per heavy atom. The van der Waals surface area contributed by atoms with E-state index in [1.54, 1.807) is 24.4 Å². The van der Waals surface area contributed by atoms with Crippen molar-refractivity contribution in [2.45, 2.75) is 54.0 Å². The van der Waals surface area contributed by atoms with E-state index in [-0.39, 0.29) is 17.4 Å². The summed E-state index contributed by atoms with van der Waals surface area (Å²) in [6, 6.07) is 12.7. The molecule has 0 saturated carbocycles. The predicted molar refractivity (Wildman–Crippen MR) is 175 cm³/mol. The first-order valence-electron chi connectivity index (χ1n) is 14.7. The molecular weight excluding hydrogens is 657 g/mol. The number of ether oxygens (including phenoxy) is 1. The number of aromatic nitrogens is 2. The zero-order valence-corrected chi connectivity index (χ0v) is 28.7. The van der Waals surface area contributed by atoms with Crippen LogP contribution in [0.1, 0.15) is 43.5 Å². The first kappa shape index (κ1) is 34.3. The number of rotatable bonds is 10. The molecular formula is C33H37ClF3N4O3S2+. The van der Waals surface area contributed by atoms with Crippen molar-refractivity contribution in [3.8, 4) is 11.4 Å². The summed E-state index contributed by atoms with van der Waals surface area (Å²) in [6.45, 7) is 5.49. The summed E-state index contributed by atoms with van der Waals surface area (Å²) in [5.74, 6) is -2.03. The third-order valence-electron chi connectivity index (χ3n) is 8.45. The third-order valence-corrected chi connectivity index (χ3v) is 11.2. The number of hydrogen-bond acceptors (Lipinski definition) is 5. The van der Waals surface area contributed by atoms with E-state index in [0.717, 1.165) is 48.1 Å². The van der Waals surface area contributed by atoms with Crippen LogP contribution in [0.15, 0.2) is 70.8 Å². The smallest absolute Gasteiger partial charge is 0.241 e. The number of likely N-dealkylation sites (tertiary alicyclic amines) is 1.